The van der Waals surface area contributed by atoms with Gasteiger partial charge in [0.25, 0.3) is 0 Å². The molecule has 1 aliphatic heterocycles. The molecule has 4 heteroatoms. The molecule has 1 aliphatic rings. The fourth-order valence-electron chi connectivity index (χ4n) is 2.61. The fraction of sp³-hybridized carbons (Fsp3) is 0.600. The Bertz CT molecular complexity index is 391. The molecule has 2 unspecified atom stereocenters. The van der Waals surface area contributed by atoms with Crippen molar-refractivity contribution in [3.8, 4) is 5.75 Å². The predicted molar refractivity (Wildman–Crippen MR) is 76.6 cm³/mol. The van der Waals surface area contributed by atoms with Gasteiger partial charge in [-0.15, -0.1) is 0 Å². The summed E-state index contributed by atoms with van der Waals surface area (Å²) in [5, 5.41) is 3.38. The molecule has 0 spiro atoms. The van der Waals surface area contributed by atoms with Gasteiger partial charge in [-0.2, -0.15) is 0 Å². The third-order valence-corrected chi connectivity index (χ3v) is 3.86. The third kappa shape index (κ3) is 3.47. The van der Waals surface area contributed by atoms with Crippen molar-refractivity contribution < 1.29 is 9.47 Å². The van der Waals surface area contributed by atoms with Gasteiger partial charge < -0.3 is 14.8 Å². The van der Waals surface area contributed by atoms with Crippen molar-refractivity contribution >= 4 is 0 Å². The number of likely N-dealkylation sites (N-methyl/N-ethyl adjacent to an activating group) is 2. The van der Waals surface area contributed by atoms with Gasteiger partial charge in [-0.3, -0.25) is 4.90 Å². The molecule has 2 rings (SSSR count). The molecular formula is C15H24N2O2. The lowest BCUT2D eigenvalue weighted by atomic mass is 10.0. The van der Waals surface area contributed by atoms with E-state index in [1.165, 1.54) is 5.56 Å². The zero-order valence-corrected chi connectivity index (χ0v) is 12.1. The topological polar surface area (TPSA) is 33.7 Å². The minimum Gasteiger partial charge on any atom is -0.496 e. The molecule has 1 aromatic rings. The standard InChI is InChI=1S/C15H24N2O2/c1-16-14(10-17(2)12-8-9-19-11-12)13-6-4-5-7-15(13)18-3/h4-7,12,14,16H,8-11H2,1-3H3. The van der Waals surface area contributed by atoms with Crippen molar-refractivity contribution in [2.75, 3.05) is 41.0 Å². The SMILES string of the molecule is CNC(CN(C)C1CCOC1)c1ccccc1OC. The van der Waals surface area contributed by atoms with Crippen LogP contribution in [0.3, 0.4) is 0 Å². The molecule has 1 heterocycles. The fourth-order valence-corrected chi connectivity index (χ4v) is 2.61. The van der Waals surface area contributed by atoms with Crippen LogP contribution in [0.25, 0.3) is 0 Å². The van der Waals surface area contributed by atoms with E-state index in [0.29, 0.717) is 6.04 Å². The van der Waals surface area contributed by atoms with Crippen LogP contribution < -0.4 is 10.1 Å². The number of para-hydroxylation sites is 1. The first-order valence-corrected chi connectivity index (χ1v) is 6.84. The first kappa shape index (κ1) is 14.3. The van der Waals surface area contributed by atoms with Crippen LogP contribution in [0.2, 0.25) is 0 Å². The maximum atomic E-state index is 5.46. The lowest BCUT2D eigenvalue weighted by Crippen LogP contribution is -2.38. The van der Waals surface area contributed by atoms with E-state index < -0.39 is 0 Å². The number of rotatable bonds is 6. The van der Waals surface area contributed by atoms with Crippen LogP contribution >= 0.6 is 0 Å². The Morgan fingerprint density at radius 1 is 1.47 bits per heavy atom. The number of methoxy groups -OCH3 is 1. The molecule has 0 bridgehead atoms. The monoisotopic (exact) mass is 264 g/mol. The quantitative estimate of drug-likeness (QED) is 0.847. The van der Waals surface area contributed by atoms with Crippen LogP contribution in [-0.2, 0) is 4.74 Å². The van der Waals surface area contributed by atoms with E-state index >= 15 is 0 Å². The van der Waals surface area contributed by atoms with Gasteiger partial charge in [-0.25, -0.2) is 0 Å². The van der Waals surface area contributed by atoms with Crippen molar-refractivity contribution in [3.63, 3.8) is 0 Å². The average molecular weight is 264 g/mol. The Hall–Kier alpha value is -1.10. The first-order valence-electron chi connectivity index (χ1n) is 6.84. The van der Waals surface area contributed by atoms with Crippen LogP contribution in [0.4, 0.5) is 0 Å². The molecular weight excluding hydrogens is 240 g/mol. The van der Waals surface area contributed by atoms with Crippen LogP contribution in [0.15, 0.2) is 24.3 Å². The molecule has 0 aromatic heterocycles. The van der Waals surface area contributed by atoms with Crippen LogP contribution in [0, 0.1) is 0 Å². The molecule has 1 N–H and O–H groups in total. The average Bonchev–Trinajstić information content (AvgIpc) is 2.98. The molecule has 4 nitrogen and oxygen atoms in total. The second-order valence-electron chi connectivity index (χ2n) is 5.04. The number of nitrogens with zero attached hydrogens (tertiary/aromatic N) is 1. The van der Waals surface area contributed by atoms with Gasteiger partial charge in [-0.1, -0.05) is 18.2 Å². The minimum absolute atomic E-state index is 0.266. The van der Waals surface area contributed by atoms with Crippen molar-refractivity contribution in [2.24, 2.45) is 0 Å². The van der Waals surface area contributed by atoms with Gasteiger partial charge >= 0.3 is 0 Å². The number of ether oxygens (including phenoxy) is 2. The Kier molecular flexibility index (Phi) is 5.19. The minimum atomic E-state index is 0.266. The Balaban J connectivity index is 2.06. The predicted octanol–water partition coefficient (Wildman–Crippen LogP) is 1.68. The Morgan fingerprint density at radius 3 is 2.89 bits per heavy atom. The van der Waals surface area contributed by atoms with Gasteiger partial charge in [0.2, 0.25) is 0 Å². The zero-order chi connectivity index (χ0) is 13.7. The number of benzene rings is 1. The van der Waals surface area contributed by atoms with Gasteiger partial charge in [0.05, 0.1) is 13.7 Å². The Morgan fingerprint density at radius 2 is 2.26 bits per heavy atom. The van der Waals surface area contributed by atoms with Crippen molar-refractivity contribution in [3.05, 3.63) is 29.8 Å². The van der Waals surface area contributed by atoms with Crippen molar-refractivity contribution in [1.82, 2.24) is 10.2 Å². The highest BCUT2D eigenvalue weighted by molar-refractivity contribution is 5.36. The second kappa shape index (κ2) is 6.89. The molecule has 1 aromatic carbocycles. The molecule has 19 heavy (non-hydrogen) atoms. The summed E-state index contributed by atoms with van der Waals surface area (Å²) in [5.74, 6) is 0.943. The molecule has 0 saturated carbocycles. The lowest BCUT2D eigenvalue weighted by Gasteiger charge is -2.28. The molecule has 1 fully saturated rings. The summed E-state index contributed by atoms with van der Waals surface area (Å²) < 4.78 is 10.9. The number of hydrogen-bond donors (Lipinski definition) is 1. The summed E-state index contributed by atoms with van der Waals surface area (Å²) in [5.41, 5.74) is 1.21. The summed E-state index contributed by atoms with van der Waals surface area (Å²) >= 11 is 0. The van der Waals surface area contributed by atoms with E-state index in [1.54, 1.807) is 7.11 Å². The van der Waals surface area contributed by atoms with Crippen molar-refractivity contribution in [1.29, 1.82) is 0 Å². The summed E-state index contributed by atoms with van der Waals surface area (Å²) in [7, 11) is 5.88. The van der Waals surface area contributed by atoms with Crippen LogP contribution in [0.5, 0.6) is 5.75 Å². The maximum absolute atomic E-state index is 5.46. The van der Waals surface area contributed by atoms with E-state index in [9.17, 15) is 0 Å². The van der Waals surface area contributed by atoms with Crippen LogP contribution in [0.1, 0.15) is 18.0 Å². The van der Waals surface area contributed by atoms with Gasteiger partial charge in [-0.05, 0) is 26.6 Å². The summed E-state index contributed by atoms with van der Waals surface area (Å²) in [6, 6.07) is 8.99. The summed E-state index contributed by atoms with van der Waals surface area (Å²) in [6.07, 6.45) is 1.12. The first-order chi connectivity index (χ1) is 9.26. The largest absolute Gasteiger partial charge is 0.496 e. The lowest BCUT2D eigenvalue weighted by molar-refractivity contribution is 0.153. The Labute approximate surface area is 115 Å². The normalized spacial score (nSPS) is 20.7. The second-order valence-corrected chi connectivity index (χ2v) is 5.04. The molecule has 2 atom stereocenters. The van der Waals surface area contributed by atoms with E-state index in [2.05, 4.69) is 29.4 Å². The van der Waals surface area contributed by atoms with E-state index in [-0.39, 0.29) is 6.04 Å². The van der Waals surface area contributed by atoms with Crippen molar-refractivity contribution in [2.45, 2.75) is 18.5 Å². The number of nitrogens with one attached hydrogen (secondary N) is 1. The summed E-state index contributed by atoms with van der Waals surface area (Å²) in [4.78, 5) is 2.38. The van der Waals surface area contributed by atoms with Gasteiger partial charge in [0.1, 0.15) is 5.75 Å². The highest BCUT2D eigenvalue weighted by atomic mass is 16.5. The molecule has 1 saturated heterocycles. The van der Waals surface area contributed by atoms with Gasteiger partial charge in [0, 0.05) is 30.8 Å². The molecule has 0 amide bonds. The van der Waals surface area contributed by atoms with E-state index in [1.807, 2.05) is 19.2 Å². The molecule has 106 valence electrons. The van der Waals surface area contributed by atoms with Crippen LogP contribution in [-0.4, -0.2) is 51.9 Å². The third-order valence-electron chi connectivity index (χ3n) is 3.86. The van der Waals surface area contributed by atoms with E-state index in [0.717, 1.165) is 31.9 Å². The number of hydrogen-bond acceptors (Lipinski definition) is 4. The van der Waals surface area contributed by atoms with Gasteiger partial charge in [0.15, 0.2) is 0 Å². The highest BCUT2D eigenvalue weighted by Gasteiger charge is 2.23. The highest BCUT2D eigenvalue weighted by Crippen LogP contribution is 2.26. The maximum Gasteiger partial charge on any atom is 0.123 e. The van der Waals surface area contributed by atoms with E-state index in [4.69, 9.17) is 9.47 Å². The molecule has 0 radical (unpaired) electrons. The smallest absolute Gasteiger partial charge is 0.123 e. The summed E-state index contributed by atoms with van der Waals surface area (Å²) in [6.45, 7) is 2.68. The molecule has 0 aliphatic carbocycles. The zero-order valence-electron chi connectivity index (χ0n) is 12.1.